The summed E-state index contributed by atoms with van der Waals surface area (Å²) in [4.78, 5) is 25.7. The highest BCUT2D eigenvalue weighted by atomic mass is 16.5. The van der Waals surface area contributed by atoms with Crippen LogP contribution in [0.15, 0.2) is 42.5 Å². The molecule has 1 fully saturated rings. The predicted molar refractivity (Wildman–Crippen MR) is 133 cm³/mol. The third kappa shape index (κ3) is 3.76. The van der Waals surface area contributed by atoms with Crippen LogP contribution < -0.4 is 5.11 Å². The zero-order valence-electron chi connectivity index (χ0n) is 20.9. The molecule has 3 aliphatic rings. The minimum atomic E-state index is -1.63. The van der Waals surface area contributed by atoms with Gasteiger partial charge in [0.25, 0.3) is 0 Å². The van der Waals surface area contributed by atoms with Crippen LogP contribution in [0, 0.1) is 5.41 Å². The van der Waals surface area contributed by atoms with Gasteiger partial charge in [-0.1, -0.05) is 36.9 Å². The van der Waals surface area contributed by atoms with E-state index in [-0.39, 0.29) is 17.2 Å². The van der Waals surface area contributed by atoms with Crippen molar-refractivity contribution in [2.75, 3.05) is 20.2 Å². The van der Waals surface area contributed by atoms with Gasteiger partial charge in [-0.3, -0.25) is 4.90 Å². The maximum atomic E-state index is 12.8. The highest BCUT2D eigenvalue weighted by Crippen LogP contribution is 2.60. The molecule has 3 aliphatic heterocycles. The molecular formula is C28H31N2O7-. The zero-order valence-corrected chi connectivity index (χ0v) is 20.9. The number of carboxylic acids is 1. The number of rotatable bonds is 3. The van der Waals surface area contributed by atoms with Gasteiger partial charge in [-0.15, -0.1) is 0 Å². The number of carboxylic acid groups (broad SMARTS) is 1. The molecule has 0 amide bonds. The fraction of sp³-hybridized carbons (Fsp3) is 0.429. The van der Waals surface area contributed by atoms with Gasteiger partial charge in [-0.05, 0) is 61.4 Å². The van der Waals surface area contributed by atoms with Gasteiger partial charge in [0.15, 0.2) is 0 Å². The molecular weight excluding hydrogens is 476 g/mol. The van der Waals surface area contributed by atoms with Gasteiger partial charge in [-0.25, -0.2) is 9.59 Å². The average Bonchev–Trinajstić information content (AvgIpc) is 3.25. The van der Waals surface area contributed by atoms with Crippen molar-refractivity contribution in [2.24, 2.45) is 5.41 Å². The van der Waals surface area contributed by atoms with Crippen molar-refractivity contribution in [1.82, 2.24) is 9.47 Å². The molecule has 4 heterocycles. The van der Waals surface area contributed by atoms with Gasteiger partial charge >= 0.3 is 11.9 Å². The number of hydrogen-bond acceptors (Lipinski definition) is 7. The monoisotopic (exact) mass is 507 g/mol. The summed E-state index contributed by atoms with van der Waals surface area (Å²) in [6, 6.07) is 11.5. The Labute approximate surface area is 214 Å². The van der Waals surface area contributed by atoms with E-state index in [0.29, 0.717) is 6.42 Å². The lowest BCUT2D eigenvalue weighted by atomic mass is 9.62. The van der Waals surface area contributed by atoms with Gasteiger partial charge < -0.3 is 29.7 Å². The number of phenolic OH excluding ortho intramolecular Hbond substituents is 1. The molecule has 196 valence electrons. The quantitative estimate of drug-likeness (QED) is 0.460. The Morgan fingerprint density at radius 2 is 1.95 bits per heavy atom. The number of esters is 1. The van der Waals surface area contributed by atoms with E-state index in [9.17, 15) is 19.8 Å². The fourth-order valence-corrected chi connectivity index (χ4v) is 6.78. The van der Waals surface area contributed by atoms with Gasteiger partial charge in [-0.2, -0.15) is 0 Å². The van der Waals surface area contributed by atoms with E-state index in [1.165, 1.54) is 18.1 Å². The molecule has 9 nitrogen and oxygen atoms in total. The smallest absolute Gasteiger partial charge is 0.359 e. The lowest BCUT2D eigenvalue weighted by molar-refractivity contribution is -0.268. The van der Waals surface area contributed by atoms with Crippen molar-refractivity contribution in [3.63, 3.8) is 0 Å². The first-order chi connectivity index (χ1) is 17.7. The van der Waals surface area contributed by atoms with Crippen molar-refractivity contribution in [3.05, 3.63) is 59.3 Å². The van der Waals surface area contributed by atoms with Crippen LogP contribution >= 0.6 is 0 Å². The van der Waals surface area contributed by atoms with Crippen molar-refractivity contribution in [3.8, 4) is 11.5 Å². The van der Waals surface area contributed by atoms with Gasteiger partial charge in [0.1, 0.15) is 5.75 Å². The topological polar surface area (TPSA) is 135 Å². The largest absolute Gasteiger partial charge is 0.872 e. The molecule has 0 unspecified atom stereocenters. The van der Waals surface area contributed by atoms with E-state index >= 15 is 0 Å². The summed E-state index contributed by atoms with van der Waals surface area (Å²) < 4.78 is 7.01. The zero-order chi connectivity index (χ0) is 26.5. The number of methoxy groups -OCH3 is 1. The first-order valence-electron chi connectivity index (χ1n) is 12.6. The summed E-state index contributed by atoms with van der Waals surface area (Å²) in [5.74, 6) is -2.70. The molecule has 1 saturated heterocycles. The molecule has 0 spiro atoms. The lowest BCUT2D eigenvalue weighted by Crippen LogP contribution is -2.60. The van der Waals surface area contributed by atoms with Crippen molar-refractivity contribution in [1.29, 1.82) is 0 Å². The van der Waals surface area contributed by atoms with Crippen LogP contribution in [0.25, 0.3) is 10.9 Å². The molecule has 1 aromatic heterocycles. The Morgan fingerprint density at radius 1 is 1.19 bits per heavy atom. The Kier molecular flexibility index (Phi) is 6.16. The predicted octanol–water partition coefficient (Wildman–Crippen LogP) is 3.12. The molecule has 0 aliphatic carbocycles. The second-order valence-electron chi connectivity index (χ2n) is 10.2. The van der Waals surface area contributed by atoms with E-state index in [4.69, 9.17) is 14.9 Å². The van der Waals surface area contributed by atoms with Gasteiger partial charge in [0.2, 0.25) is 5.72 Å². The first kappa shape index (κ1) is 25.1. The number of aromatic hydroxyl groups is 1. The molecule has 37 heavy (non-hydrogen) atoms. The number of carbonyl (C=O) groups excluding carboxylic acids is 1. The Hall–Kier alpha value is -3.56. The summed E-state index contributed by atoms with van der Waals surface area (Å²) in [7, 11) is 1.37. The van der Waals surface area contributed by atoms with Crippen LogP contribution in [0.1, 0.15) is 60.3 Å². The first-order valence-corrected chi connectivity index (χ1v) is 12.6. The van der Waals surface area contributed by atoms with E-state index in [1.54, 1.807) is 0 Å². The Balaban J connectivity index is 0.000000215. The molecule has 0 saturated carbocycles. The number of hydrogen-bond donors (Lipinski definition) is 3. The summed E-state index contributed by atoms with van der Waals surface area (Å²) in [5.41, 5.74) is 1.28. The minimum absolute atomic E-state index is 0.0826. The number of aromatic carboxylic acids is 1. The molecule has 3 atom stereocenters. The van der Waals surface area contributed by atoms with E-state index in [1.807, 2.05) is 22.8 Å². The summed E-state index contributed by atoms with van der Waals surface area (Å²) in [6.45, 7) is 4.36. The highest BCUT2D eigenvalue weighted by Gasteiger charge is 2.60. The lowest BCUT2D eigenvalue weighted by Gasteiger charge is -2.57. The molecule has 3 N–H and O–H groups in total. The molecule has 3 aromatic rings. The number of carbonyl (C=O) groups is 2. The number of aromatic nitrogens is 1. The van der Waals surface area contributed by atoms with E-state index in [0.717, 1.165) is 68.2 Å². The van der Waals surface area contributed by atoms with E-state index < -0.39 is 29.0 Å². The minimum Gasteiger partial charge on any atom is -0.872 e. The third-order valence-electron chi connectivity index (χ3n) is 8.37. The number of phenols is 1. The van der Waals surface area contributed by atoms with Crippen molar-refractivity contribution in [2.45, 2.75) is 50.8 Å². The number of fused-ring (bicyclic) bond motifs is 3. The second kappa shape index (κ2) is 9.08. The molecule has 0 bridgehead atoms. The maximum absolute atomic E-state index is 12.8. The van der Waals surface area contributed by atoms with Crippen molar-refractivity contribution < 1.29 is 34.8 Å². The third-order valence-corrected chi connectivity index (χ3v) is 8.37. The molecule has 0 radical (unpaired) electrons. The van der Waals surface area contributed by atoms with Crippen LogP contribution in [0.4, 0.5) is 0 Å². The van der Waals surface area contributed by atoms with Crippen LogP contribution in [0.3, 0.4) is 0 Å². The number of nitrogens with zero attached hydrogens (tertiary/aromatic N) is 2. The van der Waals surface area contributed by atoms with Gasteiger partial charge in [0, 0.05) is 24.0 Å². The van der Waals surface area contributed by atoms with E-state index in [2.05, 4.69) is 17.9 Å². The van der Waals surface area contributed by atoms with Crippen LogP contribution in [-0.2, 0) is 21.7 Å². The fourth-order valence-electron chi connectivity index (χ4n) is 6.78. The number of ether oxygens (including phenoxy) is 1. The van der Waals surface area contributed by atoms with Gasteiger partial charge in [0.05, 0.1) is 24.2 Å². The Morgan fingerprint density at radius 3 is 2.62 bits per heavy atom. The number of para-hydroxylation sites is 1. The standard InChI is InChI=1S/C21H26N2O3.C7H6O4/c1-3-20-10-6-11-22-12-9-15-14-7-4-5-8-16(14)23(17(15)18(20)22)21(25,13-20)19(24)26-2;8-4-1-2-6(9)5(3-4)7(10)11/h4-5,7-8,18,25H,3,6,9-13H2,1-2H3;1-3,8-9H,(H,10,11)/p-1/t18-,20+,21+;/m1./s1. The average molecular weight is 508 g/mol. The molecule has 6 rings (SSSR count). The normalized spacial score (nSPS) is 26.1. The Bertz CT molecular complexity index is 1380. The molecule has 9 heteroatoms. The van der Waals surface area contributed by atoms with Crippen LogP contribution in [0.2, 0.25) is 0 Å². The van der Waals surface area contributed by atoms with Crippen LogP contribution in [0.5, 0.6) is 11.5 Å². The summed E-state index contributed by atoms with van der Waals surface area (Å²) >= 11 is 0. The SMILES string of the molecule is CC[C@]12CCCN3CCc4c(n(c5ccccc45)[C@@](O)(C(=O)OC)C1)[C@@H]32.O=C(O)c1cc(O)ccc1[O-]. The second-order valence-corrected chi connectivity index (χ2v) is 10.2. The number of benzene rings is 2. The number of aliphatic hydroxyl groups is 1. The van der Waals surface area contributed by atoms with Crippen molar-refractivity contribution >= 4 is 22.8 Å². The molecule has 2 aromatic carbocycles. The maximum Gasteiger partial charge on any atom is 0.359 e. The summed E-state index contributed by atoms with van der Waals surface area (Å²) in [5, 5.41) is 40.8. The number of piperidine rings is 1. The van der Waals surface area contributed by atoms with Crippen LogP contribution in [-0.4, -0.2) is 56.9 Å². The summed E-state index contributed by atoms with van der Waals surface area (Å²) in [6.07, 6.45) is 4.52. The highest BCUT2D eigenvalue weighted by molar-refractivity contribution is 5.91.